The minimum Gasteiger partial charge on any atom is -0.258 e. The molecule has 0 N–H and O–H groups in total. The van der Waals surface area contributed by atoms with Crippen molar-refractivity contribution < 1.29 is 4.92 Å². The van der Waals surface area contributed by atoms with E-state index in [9.17, 15) is 10.1 Å². The molecule has 0 heterocycles. The third-order valence-corrected chi connectivity index (χ3v) is 3.89. The van der Waals surface area contributed by atoms with Crippen LogP contribution in [0.5, 0.6) is 0 Å². The molecule has 0 aliphatic carbocycles. The predicted molar refractivity (Wildman–Crippen MR) is 71.5 cm³/mol. The number of thioether (sulfide) groups is 1. The van der Waals surface area contributed by atoms with Crippen molar-refractivity contribution in [3.8, 4) is 0 Å². The Morgan fingerprint density at radius 1 is 1.62 bits per heavy atom. The smallest absolute Gasteiger partial charge is 0.258 e. The van der Waals surface area contributed by atoms with E-state index >= 15 is 0 Å². The van der Waals surface area contributed by atoms with Crippen LogP contribution in [0.4, 0.5) is 5.69 Å². The first-order chi connectivity index (χ1) is 7.54. The number of hydrogen-bond acceptors (Lipinski definition) is 3. The molecule has 1 rings (SSSR count). The number of benzene rings is 1. The lowest BCUT2D eigenvalue weighted by atomic mass is 10.3. The zero-order valence-corrected chi connectivity index (χ0v) is 11.8. The summed E-state index contributed by atoms with van der Waals surface area (Å²) in [5.74, 6) is 0.565. The van der Waals surface area contributed by atoms with Gasteiger partial charge in [0.25, 0.3) is 5.69 Å². The molecule has 0 spiro atoms. The minimum atomic E-state index is -0.359. The average molecular weight is 325 g/mol. The molecule has 0 fully saturated rings. The first kappa shape index (κ1) is 13.8. The van der Waals surface area contributed by atoms with E-state index in [0.29, 0.717) is 10.8 Å². The summed E-state index contributed by atoms with van der Waals surface area (Å²) < 4.78 is 0.846. The highest BCUT2D eigenvalue weighted by molar-refractivity contribution is 9.10. The van der Waals surface area contributed by atoms with Crippen molar-refractivity contribution in [3.05, 3.63) is 32.8 Å². The van der Waals surface area contributed by atoms with Gasteiger partial charge in [0.2, 0.25) is 0 Å². The van der Waals surface area contributed by atoms with E-state index in [4.69, 9.17) is 11.6 Å². The SMILES string of the molecule is CC(CCCl)Sc1cc(Br)ccc1[N+](=O)[O-]. The summed E-state index contributed by atoms with van der Waals surface area (Å²) >= 11 is 10.4. The number of nitro groups is 1. The van der Waals surface area contributed by atoms with Crippen LogP contribution in [0.15, 0.2) is 27.6 Å². The van der Waals surface area contributed by atoms with Crippen LogP contribution < -0.4 is 0 Å². The Morgan fingerprint density at radius 3 is 2.88 bits per heavy atom. The fourth-order valence-corrected chi connectivity index (χ4v) is 3.26. The van der Waals surface area contributed by atoms with E-state index in [2.05, 4.69) is 15.9 Å². The number of hydrogen-bond donors (Lipinski definition) is 0. The molecule has 0 aliphatic heterocycles. The molecule has 1 aromatic carbocycles. The maximum Gasteiger partial charge on any atom is 0.282 e. The van der Waals surface area contributed by atoms with Crippen molar-refractivity contribution in [1.82, 2.24) is 0 Å². The highest BCUT2D eigenvalue weighted by atomic mass is 79.9. The second-order valence-electron chi connectivity index (χ2n) is 3.28. The molecule has 0 radical (unpaired) electrons. The molecule has 3 nitrogen and oxygen atoms in total. The lowest BCUT2D eigenvalue weighted by Gasteiger charge is -2.09. The van der Waals surface area contributed by atoms with Gasteiger partial charge in [-0.2, -0.15) is 0 Å². The van der Waals surface area contributed by atoms with E-state index in [1.165, 1.54) is 17.8 Å². The largest absolute Gasteiger partial charge is 0.282 e. The van der Waals surface area contributed by atoms with E-state index in [0.717, 1.165) is 10.9 Å². The average Bonchev–Trinajstić information content (AvgIpc) is 2.17. The molecule has 0 saturated carbocycles. The highest BCUT2D eigenvalue weighted by Gasteiger charge is 2.16. The Kier molecular flexibility index (Phi) is 5.58. The van der Waals surface area contributed by atoms with Gasteiger partial charge in [-0.25, -0.2) is 0 Å². The van der Waals surface area contributed by atoms with Crippen molar-refractivity contribution in [1.29, 1.82) is 0 Å². The van der Waals surface area contributed by atoms with Gasteiger partial charge in [-0.1, -0.05) is 22.9 Å². The summed E-state index contributed by atoms with van der Waals surface area (Å²) in [5.41, 5.74) is 0.148. The summed E-state index contributed by atoms with van der Waals surface area (Å²) in [5, 5.41) is 11.1. The fourth-order valence-electron chi connectivity index (χ4n) is 1.16. The van der Waals surface area contributed by atoms with Crippen molar-refractivity contribution in [2.45, 2.75) is 23.5 Å². The maximum atomic E-state index is 10.8. The van der Waals surface area contributed by atoms with Gasteiger partial charge < -0.3 is 0 Å². The second-order valence-corrected chi connectivity index (χ2v) is 6.05. The van der Waals surface area contributed by atoms with E-state index in [1.54, 1.807) is 12.1 Å². The number of alkyl halides is 1. The molecule has 1 atom stereocenters. The Bertz CT molecular complexity index is 389. The topological polar surface area (TPSA) is 43.1 Å². The van der Waals surface area contributed by atoms with Crippen molar-refractivity contribution in [2.75, 3.05) is 5.88 Å². The van der Waals surface area contributed by atoms with Gasteiger partial charge in [-0.15, -0.1) is 23.4 Å². The molecule has 0 saturated heterocycles. The molecule has 6 heteroatoms. The number of halogens is 2. The Hall–Kier alpha value is -0.260. The summed E-state index contributed by atoms with van der Waals surface area (Å²) in [7, 11) is 0. The Balaban J connectivity index is 2.92. The van der Waals surface area contributed by atoms with E-state index in [1.807, 2.05) is 6.92 Å². The number of nitro benzene ring substituents is 1. The van der Waals surface area contributed by atoms with E-state index in [-0.39, 0.29) is 15.9 Å². The monoisotopic (exact) mass is 323 g/mol. The molecular weight excluding hydrogens is 314 g/mol. The molecule has 0 bridgehead atoms. The summed E-state index contributed by atoms with van der Waals surface area (Å²) in [6.07, 6.45) is 0.829. The van der Waals surface area contributed by atoms with Crippen molar-refractivity contribution in [3.63, 3.8) is 0 Å². The normalized spacial score (nSPS) is 12.4. The lowest BCUT2D eigenvalue weighted by Crippen LogP contribution is -1.98. The van der Waals surface area contributed by atoms with Crippen LogP contribution in [0, 0.1) is 10.1 Å². The third kappa shape index (κ3) is 3.96. The van der Waals surface area contributed by atoms with Crippen LogP contribution in [0.2, 0.25) is 0 Å². The van der Waals surface area contributed by atoms with Gasteiger partial charge in [0, 0.05) is 21.7 Å². The van der Waals surface area contributed by atoms with E-state index < -0.39 is 0 Å². The molecule has 16 heavy (non-hydrogen) atoms. The number of rotatable bonds is 5. The summed E-state index contributed by atoms with van der Waals surface area (Å²) in [6.45, 7) is 2.01. The molecule has 88 valence electrons. The van der Waals surface area contributed by atoms with Gasteiger partial charge in [0.15, 0.2) is 0 Å². The quantitative estimate of drug-likeness (QED) is 0.347. The van der Waals surface area contributed by atoms with Gasteiger partial charge in [0.05, 0.1) is 9.82 Å². The molecule has 0 aliphatic rings. The second kappa shape index (κ2) is 6.47. The Labute approximate surface area is 112 Å². The molecule has 1 aromatic rings. The maximum absolute atomic E-state index is 10.8. The fraction of sp³-hybridized carbons (Fsp3) is 0.400. The molecule has 1 unspecified atom stereocenters. The first-order valence-corrected chi connectivity index (χ1v) is 6.92. The van der Waals surface area contributed by atoms with Crippen molar-refractivity contribution in [2.24, 2.45) is 0 Å². The van der Waals surface area contributed by atoms with Crippen LogP contribution >= 0.6 is 39.3 Å². The molecule has 0 amide bonds. The molecular formula is C10H11BrClNO2S. The van der Waals surface area contributed by atoms with Crippen molar-refractivity contribution >= 4 is 45.0 Å². The molecule has 0 aromatic heterocycles. The summed E-state index contributed by atoms with van der Waals surface area (Å²) in [6, 6.07) is 4.96. The number of nitrogens with zero attached hydrogens (tertiary/aromatic N) is 1. The third-order valence-electron chi connectivity index (χ3n) is 1.96. The first-order valence-electron chi connectivity index (χ1n) is 4.71. The van der Waals surface area contributed by atoms with Crippen LogP contribution in [-0.4, -0.2) is 16.1 Å². The minimum absolute atomic E-state index is 0.148. The lowest BCUT2D eigenvalue weighted by molar-refractivity contribution is -0.387. The van der Waals surface area contributed by atoms with Gasteiger partial charge in [-0.3, -0.25) is 10.1 Å². The van der Waals surface area contributed by atoms with Crippen LogP contribution in [0.25, 0.3) is 0 Å². The van der Waals surface area contributed by atoms with Gasteiger partial charge >= 0.3 is 0 Å². The summed E-state index contributed by atoms with van der Waals surface area (Å²) in [4.78, 5) is 11.1. The standard InChI is InChI=1S/C10H11BrClNO2S/c1-7(4-5-12)16-10-6-8(11)2-3-9(10)13(14)15/h2-3,6-7H,4-5H2,1H3. The zero-order chi connectivity index (χ0) is 12.1. The van der Waals surface area contributed by atoms with Crippen LogP contribution in [0.1, 0.15) is 13.3 Å². The van der Waals surface area contributed by atoms with Gasteiger partial charge in [0.1, 0.15) is 0 Å². The predicted octanol–water partition coefficient (Wildman–Crippen LogP) is 4.47. The van der Waals surface area contributed by atoms with Crippen LogP contribution in [-0.2, 0) is 0 Å². The van der Waals surface area contributed by atoms with Gasteiger partial charge in [-0.05, 0) is 18.6 Å². The Morgan fingerprint density at radius 2 is 2.31 bits per heavy atom. The highest BCUT2D eigenvalue weighted by Crippen LogP contribution is 2.35. The van der Waals surface area contributed by atoms with Crippen LogP contribution in [0.3, 0.4) is 0 Å². The zero-order valence-electron chi connectivity index (χ0n) is 8.65.